The summed E-state index contributed by atoms with van der Waals surface area (Å²) in [6.45, 7) is 15.1. The summed E-state index contributed by atoms with van der Waals surface area (Å²) in [5.74, 6) is 0. The van der Waals surface area contributed by atoms with Crippen LogP contribution in [0.2, 0.25) is 0 Å². The third-order valence-corrected chi connectivity index (χ3v) is 3.72. The van der Waals surface area contributed by atoms with Crippen molar-refractivity contribution in [2.45, 2.75) is 32.9 Å². The molecule has 0 spiro atoms. The predicted molar refractivity (Wildman–Crippen MR) is 79.2 cm³/mol. The first kappa shape index (κ1) is 15.9. The quantitative estimate of drug-likeness (QED) is 0.718. The summed E-state index contributed by atoms with van der Waals surface area (Å²) in [7, 11) is 4.30. The average Bonchev–Trinajstić information content (AvgIpc) is 2.34. The normalized spacial score (nSPS) is 20.8. The lowest BCUT2D eigenvalue weighted by atomic mass is 10.2. The van der Waals surface area contributed by atoms with Crippen molar-refractivity contribution < 1.29 is 0 Å². The van der Waals surface area contributed by atoms with Crippen molar-refractivity contribution in [2.24, 2.45) is 0 Å². The van der Waals surface area contributed by atoms with Crippen LogP contribution in [-0.4, -0.2) is 86.7 Å². The molecule has 4 heteroatoms. The molecule has 0 aliphatic carbocycles. The van der Waals surface area contributed by atoms with Crippen LogP contribution >= 0.6 is 0 Å². The summed E-state index contributed by atoms with van der Waals surface area (Å²) in [6.07, 6.45) is 0. The van der Waals surface area contributed by atoms with Crippen molar-refractivity contribution in [2.75, 3.05) is 59.9 Å². The molecule has 1 heterocycles. The molecule has 1 aliphatic rings. The Kier molecular flexibility index (Phi) is 7.15. The Morgan fingerprint density at radius 2 is 1.67 bits per heavy atom. The first-order chi connectivity index (χ1) is 8.49. The van der Waals surface area contributed by atoms with Crippen LogP contribution in [0.5, 0.6) is 0 Å². The van der Waals surface area contributed by atoms with Crippen molar-refractivity contribution in [3.8, 4) is 0 Å². The summed E-state index contributed by atoms with van der Waals surface area (Å²) in [4.78, 5) is 7.46. The number of hydrogen-bond donors (Lipinski definition) is 1. The topological polar surface area (TPSA) is 21.8 Å². The first-order valence-electron chi connectivity index (χ1n) is 7.33. The molecule has 1 saturated heterocycles. The van der Waals surface area contributed by atoms with E-state index in [2.05, 4.69) is 54.9 Å². The summed E-state index contributed by atoms with van der Waals surface area (Å²) in [6, 6.07) is 1.25. The monoisotopic (exact) mass is 256 g/mol. The van der Waals surface area contributed by atoms with Gasteiger partial charge in [0.25, 0.3) is 0 Å². The van der Waals surface area contributed by atoms with E-state index in [1.165, 1.54) is 39.3 Å². The number of hydrogen-bond acceptors (Lipinski definition) is 4. The lowest BCUT2D eigenvalue weighted by Crippen LogP contribution is -2.53. The molecule has 18 heavy (non-hydrogen) atoms. The van der Waals surface area contributed by atoms with Gasteiger partial charge in [-0.05, 0) is 21.0 Å². The molecule has 1 fully saturated rings. The van der Waals surface area contributed by atoms with E-state index >= 15 is 0 Å². The molecule has 0 radical (unpaired) electrons. The number of likely N-dealkylation sites (N-methyl/N-ethyl adjacent to an activating group) is 1. The van der Waals surface area contributed by atoms with Crippen LogP contribution in [0.3, 0.4) is 0 Å². The average molecular weight is 256 g/mol. The van der Waals surface area contributed by atoms with Gasteiger partial charge in [-0.25, -0.2) is 0 Å². The molecular weight excluding hydrogens is 224 g/mol. The molecule has 4 nitrogen and oxygen atoms in total. The zero-order chi connectivity index (χ0) is 13.5. The summed E-state index contributed by atoms with van der Waals surface area (Å²) in [5, 5.41) is 3.53. The minimum Gasteiger partial charge on any atom is -0.313 e. The number of nitrogens with zero attached hydrogens (tertiary/aromatic N) is 3. The molecule has 1 rings (SSSR count). The highest BCUT2D eigenvalue weighted by atomic mass is 15.3. The summed E-state index contributed by atoms with van der Waals surface area (Å²) in [5.41, 5.74) is 0. The van der Waals surface area contributed by atoms with Crippen molar-refractivity contribution in [1.82, 2.24) is 20.0 Å². The Morgan fingerprint density at radius 3 is 2.17 bits per heavy atom. The van der Waals surface area contributed by atoms with E-state index in [0.29, 0.717) is 12.1 Å². The summed E-state index contributed by atoms with van der Waals surface area (Å²) < 4.78 is 0. The maximum Gasteiger partial charge on any atom is 0.0193 e. The third-order valence-electron chi connectivity index (χ3n) is 3.72. The highest BCUT2D eigenvalue weighted by Crippen LogP contribution is 2.06. The molecule has 0 aromatic carbocycles. The van der Waals surface area contributed by atoms with Gasteiger partial charge < -0.3 is 10.2 Å². The molecule has 1 aliphatic heterocycles. The van der Waals surface area contributed by atoms with Crippen molar-refractivity contribution >= 4 is 0 Å². The van der Waals surface area contributed by atoms with Gasteiger partial charge >= 0.3 is 0 Å². The maximum atomic E-state index is 3.53. The zero-order valence-electron chi connectivity index (χ0n) is 12.9. The fourth-order valence-electron chi connectivity index (χ4n) is 2.30. The first-order valence-corrected chi connectivity index (χ1v) is 7.33. The number of nitrogens with one attached hydrogen (secondary N) is 1. The third kappa shape index (κ3) is 6.14. The van der Waals surface area contributed by atoms with Gasteiger partial charge in [-0.2, -0.15) is 0 Å². The van der Waals surface area contributed by atoms with Gasteiger partial charge in [0.2, 0.25) is 0 Å². The van der Waals surface area contributed by atoms with Crippen molar-refractivity contribution in [3.63, 3.8) is 0 Å². The van der Waals surface area contributed by atoms with E-state index in [4.69, 9.17) is 0 Å². The second-order valence-corrected chi connectivity index (χ2v) is 6.09. The van der Waals surface area contributed by atoms with Crippen molar-refractivity contribution in [3.05, 3.63) is 0 Å². The number of rotatable bonds is 7. The van der Waals surface area contributed by atoms with Crippen molar-refractivity contribution in [1.29, 1.82) is 0 Å². The van der Waals surface area contributed by atoms with Crippen LogP contribution in [0.4, 0.5) is 0 Å². The van der Waals surface area contributed by atoms with Gasteiger partial charge in [0.05, 0.1) is 0 Å². The Labute approximate surface area is 113 Å². The van der Waals surface area contributed by atoms with Crippen LogP contribution in [0.1, 0.15) is 20.8 Å². The fraction of sp³-hybridized carbons (Fsp3) is 1.00. The fourth-order valence-corrected chi connectivity index (χ4v) is 2.30. The van der Waals surface area contributed by atoms with Crippen LogP contribution < -0.4 is 5.32 Å². The molecule has 0 aromatic rings. The van der Waals surface area contributed by atoms with Gasteiger partial charge in [0.15, 0.2) is 0 Å². The molecule has 1 atom stereocenters. The van der Waals surface area contributed by atoms with Gasteiger partial charge in [0, 0.05) is 57.9 Å². The highest BCUT2D eigenvalue weighted by molar-refractivity contribution is 4.78. The van der Waals surface area contributed by atoms with E-state index < -0.39 is 0 Å². The zero-order valence-corrected chi connectivity index (χ0v) is 12.9. The molecule has 0 amide bonds. The Morgan fingerprint density at radius 1 is 1.06 bits per heavy atom. The maximum absolute atomic E-state index is 3.53. The molecule has 0 bridgehead atoms. The molecule has 1 unspecified atom stereocenters. The van der Waals surface area contributed by atoms with Gasteiger partial charge in [0.1, 0.15) is 0 Å². The van der Waals surface area contributed by atoms with E-state index in [1.807, 2.05) is 0 Å². The molecule has 1 N–H and O–H groups in total. The van der Waals surface area contributed by atoms with Crippen LogP contribution in [0.15, 0.2) is 0 Å². The van der Waals surface area contributed by atoms with Gasteiger partial charge in [-0.3, -0.25) is 9.80 Å². The largest absolute Gasteiger partial charge is 0.313 e. The van der Waals surface area contributed by atoms with E-state index in [-0.39, 0.29) is 0 Å². The highest BCUT2D eigenvalue weighted by Gasteiger charge is 2.20. The van der Waals surface area contributed by atoms with E-state index in [0.717, 1.165) is 6.54 Å². The minimum absolute atomic E-state index is 0.592. The Bertz CT molecular complexity index is 210. The van der Waals surface area contributed by atoms with E-state index in [1.54, 1.807) is 0 Å². The minimum atomic E-state index is 0.592. The lowest BCUT2D eigenvalue weighted by molar-refractivity contribution is 0.0963. The molecule has 0 saturated carbocycles. The van der Waals surface area contributed by atoms with Crippen LogP contribution in [0.25, 0.3) is 0 Å². The van der Waals surface area contributed by atoms with E-state index in [9.17, 15) is 0 Å². The second-order valence-electron chi connectivity index (χ2n) is 6.09. The SMILES string of the molecule is CC(C)NCC(C)N1CCN(CCN(C)C)CC1. The van der Waals surface area contributed by atoms with Gasteiger partial charge in [-0.1, -0.05) is 13.8 Å². The smallest absolute Gasteiger partial charge is 0.0193 e. The lowest BCUT2D eigenvalue weighted by Gasteiger charge is -2.38. The molecular formula is C14H32N4. The van der Waals surface area contributed by atoms with Gasteiger partial charge in [-0.15, -0.1) is 0 Å². The Hall–Kier alpha value is -0.160. The standard InChI is InChI=1S/C14H32N4/c1-13(2)15-12-14(3)18-10-8-17(9-11-18)7-6-16(4)5/h13-15H,6-12H2,1-5H3. The molecule has 0 aromatic heterocycles. The second kappa shape index (κ2) is 8.10. The van der Waals surface area contributed by atoms with Crippen LogP contribution in [-0.2, 0) is 0 Å². The number of piperazine rings is 1. The molecule has 108 valence electrons. The predicted octanol–water partition coefficient (Wildman–Crippen LogP) is 0.552. The Balaban J connectivity index is 2.17. The van der Waals surface area contributed by atoms with Crippen LogP contribution in [0, 0.1) is 0 Å². The summed E-state index contributed by atoms with van der Waals surface area (Å²) >= 11 is 0.